The van der Waals surface area contributed by atoms with E-state index < -0.39 is 24.0 Å². The second-order valence-electron chi connectivity index (χ2n) is 4.56. The number of aliphatic hydroxyl groups is 1. The summed E-state index contributed by atoms with van der Waals surface area (Å²) >= 11 is 0. The van der Waals surface area contributed by atoms with Crippen LogP contribution in [0.15, 0.2) is 18.2 Å². The Balaban J connectivity index is 2.82. The highest BCUT2D eigenvalue weighted by molar-refractivity contribution is 5.34. The highest BCUT2D eigenvalue weighted by atomic mass is 19.4. The van der Waals surface area contributed by atoms with Crippen LogP contribution in [-0.2, 0) is 5.60 Å². The molecule has 0 bridgehead atoms. The first kappa shape index (κ1) is 15.8. The average Bonchev–Trinajstić information content (AvgIpc) is 2.27. The van der Waals surface area contributed by atoms with Gasteiger partial charge in [0.05, 0.1) is 12.7 Å². The number of ether oxygens (including phenoxy) is 1. The molecular formula is C13H16F4O2. The average molecular weight is 280 g/mol. The number of hydrogen-bond acceptors (Lipinski definition) is 2. The van der Waals surface area contributed by atoms with E-state index in [9.17, 15) is 22.7 Å². The Kier molecular flexibility index (Phi) is 4.79. The fourth-order valence-corrected chi connectivity index (χ4v) is 1.85. The van der Waals surface area contributed by atoms with Gasteiger partial charge < -0.3 is 9.84 Å². The molecule has 0 aliphatic heterocycles. The van der Waals surface area contributed by atoms with Crippen LogP contribution >= 0.6 is 0 Å². The molecule has 0 amide bonds. The minimum Gasteiger partial charge on any atom is -0.494 e. The molecular weight excluding hydrogens is 264 g/mol. The third kappa shape index (κ3) is 4.38. The highest BCUT2D eigenvalue weighted by Gasteiger charge is 2.31. The Labute approximate surface area is 109 Å². The van der Waals surface area contributed by atoms with Crippen LogP contribution in [0.3, 0.4) is 0 Å². The predicted octanol–water partition coefficient (Wildman–Crippen LogP) is 3.77. The van der Waals surface area contributed by atoms with Crippen molar-refractivity contribution in [2.75, 3.05) is 7.11 Å². The lowest BCUT2D eigenvalue weighted by atomic mass is 9.90. The zero-order valence-corrected chi connectivity index (χ0v) is 10.7. The second kappa shape index (κ2) is 5.77. The summed E-state index contributed by atoms with van der Waals surface area (Å²) in [5, 5.41) is 10.1. The zero-order valence-electron chi connectivity index (χ0n) is 10.7. The maximum Gasteiger partial charge on any atom is 0.389 e. The zero-order chi connectivity index (χ0) is 14.7. The summed E-state index contributed by atoms with van der Waals surface area (Å²) in [6, 6.07) is 4.20. The van der Waals surface area contributed by atoms with E-state index in [1.165, 1.54) is 32.2 Å². The summed E-state index contributed by atoms with van der Waals surface area (Å²) in [7, 11) is 1.28. The van der Waals surface area contributed by atoms with Crippen LogP contribution in [0, 0.1) is 5.82 Å². The molecule has 0 spiro atoms. The van der Waals surface area contributed by atoms with Gasteiger partial charge in [0.25, 0.3) is 0 Å². The fraction of sp³-hybridized carbons (Fsp3) is 0.538. The Morgan fingerprint density at radius 2 is 1.84 bits per heavy atom. The summed E-state index contributed by atoms with van der Waals surface area (Å²) in [6.07, 6.45) is -5.73. The van der Waals surface area contributed by atoms with Crippen LogP contribution in [0.4, 0.5) is 17.6 Å². The van der Waals surface area contributed by atoms with Gasteiger partial charge in [0, 0.05) is 12.0 Å². The Hall–Kier alpha value is -1.30. The third-order valence-corrected chi connectivity index (χ3v) is 2.89. The van der Waals surface area contributed by atoms with Crippen LogP contribution in [-0.4, -0.2) is 18.4 Å². The van der Waals surface area contributed by atoms with E-state index in [2.05, 4.69) is 0 Å². The first-order valence-electron chi connectivity index (χ1n) is 5.79. The van der Waals surface area contributed by atoms with Gasteiger partial charge in [-0.2, -0.15) is 13.2 Å². The summed E-state index contributed by atoms with van der Waals surface area (Å²) in [4.78, 5) is 0. The van der Waals surface area contributed by atoms with Crippen molar-refractivity contribution in [2.45, 2.75) is 38.0 Å². The Bertz CT molecular complexity index is 427. The van der Waals surface area contributed by atoms with Gasteiger partial charge >= 0.3 is 6.18 Å². The smallest absolute Gasteiger partial charge is 0.389 e. The van der Waals surface area contributed by atoms with Crippen molar-refractivity contribution >= 4 is 0 Å². The van der Waals surface area contributed by atoms with Gasteiger partial charge in [0.2, 0.25) is 0 Å². The van der Waals surface area contributed by atoms with E-state index in [1.54, 1.807) is 0 Å². The van der Waals surface area contributed by atoms with Gasteiger partial charge in [-0.15, -0.1) is 0 Å². The van der Waals surface area contributed by atoms with E-state index in [-0.39, 0.29) is 24.2 Å². The monoisotopic (exact) mass is 280 g/mol. The molecule has 1 aromatic rings. The Morgan fingerprint density at radius 1 is 1.21 bits per heavy atom. The molecule has 0 aliphatic rings. The molecule has 108 valence electrons. The third-order valence-electron chi connectivity index (χ3n) is 2.89. The van der Waals surface area contributed by atoms with Crippen LogP contribution in [0.1, 0.15) is 31.7 Å². The van der Waals surface area contributed by atoms with Gasteiger partial charge in [-0.3, -0.25) is 0 Å². The molecule has 6 heteroatoms. The second-order valence-corrected chi connectivity index (χ2v) is 4.56. The summed E-state index contributed by atoms with van der Waals surface area (Å²) in [5.74, 6) is -0.796. The SMILES string of the molecule is COc1cccc(C(C)(O)CCCC(F)(F)F)c1F. The van der Waals surface area contributed by atoms with E-state index in [0.29, 0.717) is 0 Å². The number of alkyl halides is 3. The number of hydrogen-bond donors (Lipinski definition) is 1. The molecule has 0 saturated heterocycles. The van der Waals surface area contributed by atoms with Crippen molar-refractivity contribution in [1.82, 2.24) is 0 Å². The maximum atomic E-state index is 13.9. The van der Waals surface area contributed by atoms with E-state index in [1.807, 2.05) is 0 Å². The molecule has 1 unspecified atom stereocenters. The molecule has 1 aromatic carbocycles. The van der Waals surface area contributed by atoms with Crippen molar-refractivity contribution in [3.05, 3.63) is 29.6 Å². The lowest BCUT2D eigenvalue weighted by Crippen LogP contribution is -2.23. The largest absolute Gasteiger partial charge is 0.494 e. The standard InChI is InChI=1S/C13H16F4O2/c1-12(18,7-4-8-13(15,16)17)9-5-3-6-10(19-2)11(9)14/h3,5-6,18H,4,7-8H2,1-2H3. The minimum absolute atomic E-state index is 0.0476. The molecule has 0 radical (unpaired) electrons. The van der Waals surface area contributed by atoms with E-state index in [4.69, 9.17) is 4.74 Å². The maximum absolute atomic E-state index is 13.9. The van der Waals surface area contributed by atoms with Gasteiger partial charge in [-0.05, 0) is 25.8 Å². The van der Waals surface area contributed by atoms with Gasteiger partial charge in [-0.1, -0.05) is 12.1 Å². The van der Waals surface area contributed by atoms with E-state index >= 15 is 0 Å². The molecule has 2 nitrogen and oxygen atoms in total. The molecule has 19 heavy (non-hydrogen) atoms. The molecule has 0 fully saturated rings. The fourth-order valence-electron chi connectivity index (χ4n) is 1.85. The summed E-state index contributed by atoms with van der Waals surface area (Å²) in [5.41, 5.74) is -1.72. The first-order chi connectivity index (χ1) is 8.67. The van der Waals surface area contributed by atoms with Crippen LogP contribution in [0.2, 0.25) is 0 Å². The number of benzene rings is 1. The van der Waals surface area contributed by atoms with Gasteiger partial charge in [-0.25, -0.2) is 4.39 Å². The van der Waals surface area contributed by atoms with E-state index in [0.717, 1.165) is 0 Å². The molecule has 0 aromatic heterocycles. The number of rotatable bonds is 5. The van der Waals surface area contributed by atoms with Gasteiger partial charge in [0.15, 0.2) is 11.6 Å². The summed E-state index contributed by atoms with van der Waals surface area (Å²) < 4.78 is 54.9. The highest BCUT2D eigenvalue weighted by Crippen LogP contribution is 2.34. The van der Waals surface area contributed by atoms with Crippen molar-refractivity contribution in [2.24, 2.45) is 0 Å². The lowest BCUT2D eigenvalue weighted by molar-refractivity contribution is -0.137. The molecule has 0 heterocycles. The molecule has 1 N–H and O–H groups in total. The van der Waals surface area contributed by atoms with Crippen molar-refractivity contribution in [3.63, 3.8) is 0 Å². The molecule has 1 atom stereocenters. The minimum atomic E-state index is -4.27. The van der Waals surface area contributed by atoms with Crippen LogP contribution < -0.4 is 4.74 Å². The topological polar surface area (TPSA) is 29.5 Å². The van der Waals surface area contributed by atoms with Crippen LogP contribution in [0.5, 0.6) is 5.75 Å². The molecule has 1 rings (SSSR count). The van der Waals surface area contributed by atoms with Crippen molar-refractivity contribution < 1.29 is 27.4 Å². The summed E-state index contributed by atoms with van der Waals surface area (Å²) in [6.45, 7) is 1.29. The lowest BCUT2D eigenvalue weighted by Gasteiger charge is -2.25. The quantitative estimate of drug-likeness (QED) is 0.832. The van der Waals surface area contributed by atoms with Crippen molar-refractivity contribution in [1.29, 1.82) is 0 Å². The predicted molar refractivity (Wildman–Crippen MR) is 62.4 cm³/mol. The first-order valence-corrected chi connectivity index (χ1v) is 5.79. The molecule has 0 saturated carbocycles. The number of halogens is 4. The van der Waals surface area contributed by atoms with Crippen molar-refractivity contribution in [3.8, 4) is 5.75 Å². The normalized spacial score (nSPS) is 15.1. The Morgan fingerprint density at radius 3 is 2.37 bits per heavy atom. The van der Waals surface area contributed by atoms with Crippen LogP contribution in [0.25, 0.3) is 0 Å². The number of methoxy groups -OCH3 is 1. The van der Waals surface area contributed by atoms with Gasteiger partial charge in [0.1, 0.15) is 0 Å². The molecule has 0 aliphatic carbocycles.